The number of hydrogen-bond acceptors (Lipinski definition) is 4. The summed E-state index contributed by atoms with van der Waals surface area (Å²) in [7, 11) is 0. The van der Waals surface area contributed by atoms with Crippen molar-refractivity contribution in [1.82, 2.24) is 16.0 Å². The fourth-order valence-corrected chi connectivity index (χ4v) is 5.68. The molecule has 0 saturated carbocycles. The molecule has 3 aliphatic heterocycles. The average Bonchev–Trinajstić information content (AvgIpc) is 3.09. The number of unbranched alkanes of at least 4 members (excludes halogenated alkanes) is 2. The Balaban J connectivity index is 1.77. The third-order valence-corrected chi connectivity index (χ3v) is 7.11. The minimum absolute atomic E-state index is 0.00301. The van der Waals surface area contributed by atoms with E-state index >= 15 is 0 Å². The van der Waals surface area contributed by atoms with Crippen molar-refractivity contribution in [3.8, 4) is 0 Å². The van der Waals surface area contributed by atoms with Crippen LogP contribution >= 0.6 is 11.8 Å². The number of rotatable bonds is 4. The lowest BCUT2D eigenvalue weighted by atomic mass is 9.89. The number of urea groups is 1. The lowest BCUT2D eigenvalue weighted by molar-refractivity contribution is -0.129. The van der Waals surface area contributed by atoms with E-state index in [0.29, 0.717) is 12.8 Å². The number of Topliss-reactive ketones (excluding diaryl/α,β-unsaturated/α-hetero) is 1. The van der Waals surface area contributed by atoms with Gasteiger partial charge in [-0.1, -0.05) is 32.6 Å². The summed E-state index contributed by atoms with van der Waals surface area (Å²) in [4.78, 5) is 37.2. The van der Waals surface area contributed by atoms with E-state index in [1.54, 1.807) is 11.8 Å². The molecule has 0 aromatic rings. The zero-order valence-corrected chi connectivity index (χ0v) is 15.0. The van der Waals surface area contributed by atoms with Crippen LogP contribution in [-0.2, 0) is 9.59 Å². The van der Waals surface area contributed by atoms with Crippen LogP contribution < -0.4 is 16.0 Å². The Labute approximate surface area is 147 Å². The van der Waals surface area contributed by atoms with Gasteiger partial charge in [-0.15, -0.1) is 11.8 Å². The van der Waals surface area contributed by atoms with Crippen molar-refractivity contribution in [3.05, 3.63) is 0 Å². The van der Waals surface area contributed by atoms with E-state index < -0.39 is 4.75 Å². The summed E-state index contributed by atoms with van der Waals surface area (Å²) < 4.78 is -0.641. The third kappa shape index (κ3) is 3.27. The van der Waals surface area contributed by atoms with Crippen LogP contribution in [0.1, 0.15) is 58.3 Å². The first-order valence-corrected chi connectivity index (χ1v) is 10.1. The van der Waals surface area contributed by atoms with Crippen molar-refractivity contribution in [2.75, 3.05) is 5.75 Å². The predicted molar refractivity (Wildman–Crippen MR) is 94.0 cm³/mol. The highest BCUT2D eigenvalue weighted by molar-refractivity contribution is 8.01. The standard InChI is InChI=1S/C17H27N3O3S/c1-2-3-4-7-11-13(21)8-5-6-9-17(15(22)18-11)14-12(10-24-17)19-16(23)20-14/h11-12,14H,2-10H2,1H3,(H,18,22)(H2,19,20,23)/t11?,12-,14-,17-/m0/s1. The summed E-state index contributed by atoms with van der Waals surface area (Å²) in [5.74, 6) is 0.830. The predicted octanol–water partition coefficient (Wildman–Crippen LogP) is 1.73. The van der Waals surface area contributed by atoms with Gasteiger partial charge in [-0.3, -0.25) is 9.59 Å². The Morgan fingerprint density at radius 2 is 1.96 bits per heavy atom. The Kier molecular flexibility index (Phi) is 5.37. The second kappa shape index (κ2) is 7.33. The van der Waals surface area contributed by atoms with Crippen LogP contribution in [0.3, 0.4) is 0 Å². The van der Waals surface area contributed by atoms with Gasteiger partial charge in [0, 0.05) is 12.2 Å². The molecule has 3 fully saturated rings. The van der Waals surface area contributed by atoms with Crippen molar-refractivity contribution in [2.45, 2.75) is 81.2 Å². The maximum Gasteiger partial charge on any atom is 0.315 e. The van der Waals surface area contributed by atoms with E-state index in [2.05, 4.69) is 22.9 Å². The van der Waals surface area contributed by atoms with Crippen LogP contribution in [0, 0.1) is 0 Å². The number of ketones is 1. The molecule has 3 heterocycles. The lowest BCUT2D eigenvalue weighted by Gasteiger charge is -2.33. The summed E-state index contributed by atoms with van der Waals surface area (Å²) in [5.41, 5.74) is 0. The van der Waals surface area contributed by atoms with E-state index in [9.17, 15) is 14.4 Å². The van der Waals surface area contributed by atoms with Gasteiger partial charge in [-0.2, -0.15) is 0 Å². The Morgan fingerprint density at radius 1 is 1.12 bits per heavy atom. The van der Waals surface area contributed by atoms with Crippen molar-refractivity contribution in [2.24, 2.45) is 0 Å². The molecule has 3 rings (SSSR count). The lowest BCUT2D eigenvalue weighted by Crippen LogP contribution is -2.58. The van der Waals surface area contributed by atoms with Crippen LogP contribution in [0.2, 0.25) is 0 Å². The van der Waals surface area contributed by atoms with Crippen molar-refractivity contribution >= 4 is 29.5 Å². The van der Waals surface area contributed by atoms with E-state index in [0.717, 1.165) is 44.3 Å². The van der Waals surface area contributed by atoms with Gasteiger partial charge >= 0.3 is 6.03 Å². The zero-order chi connectivity index (χ0) is 17.2. The monoisotopic (exact) mass is 353 g/mol. The van der Waals surface area contributed by atoms with Gasteiger partial charge in [0.25, 0.3) is 0 Å². The quantitative estimate of drug-likeness (QED) is 0.531. The molecular formula is C17H27N3O3S. The second-order valence-electron chi connectivity index (χ2n) is 7.10. The molecular weight excluding hydrogens is 326 g/mol. The van der Waals surface area contributed by atoms with Gasteiger partial charge in [0.05, 0.1) is 18.1 Å². The van der Waals surface area contributed by atoms with Crippen molar-refractivity contribution in [1.29, 1.82) is 0 Å². The number of carbonyl (C=O) groups excluding carboxylic acids is 3. The topological polar surface area (TPSA) is 87.3 Å². The van der Waals surface area contributed by atoms with Crippen molar-refractivity contribution in [3.63, 3.8) is 0 Å². The highest BCUT2D eigenvalue weighted by atomic mass is 32.2. The molecule has 7 heteroatoms. The molecule has 134 valence electrons. The van der Waals surface area contributed by atoms with E-state index in [4.69, 9.17) is 0 Å². The summed E-state index contributed by atoms with van der Waals surface area (Å²) in [6, 6.07) is -0.737. The zero-order valence-electron chi connectivity index (χ0n) is 14.2. The summed E-state index contributed by atoms with van der Waals surface area (Å²) >= 11 is 1.63. The van der Waals surface area contributed by atoms with Crippen LogP contribution in [0.15, 0.2) is 0 Å². The van der Waals surface area contributed by atoms with Crippen LogP contribution in [-0.4, -0.2) is 46.3 Å². The molecule has 4 atom stereocenters. The van der Waals surface area contributed by atoms with Gasteiger partial charge in [0.2, 0.25) is 5.91 Å². The maximum atomic E-state index is 13.1. The van der Waals surface area contributed by atoms with E-state index in [1.807, 2.05) is 0 Å². The number of hydrogen-bond donors (Lipinski definition) is 3. The van der Waals surface area contributed by atoms with Gasteiger partial charge < -0.3 is 16.0 Å². The number of amides is 3. The molecule has 0 aliphatic carbocycles. The second-order valence-corrected chi connectivity index (χ2v) is 8.45. The smallest absolute Gasteiger partial charge is 0.315 e. The largest absolute Gasteiger partial charge is 0.345 e. The first kappa shape index (κ1) is 17.6. The maximum absolute atomic E-state index is 13.1. The minimum atomic E-state index is -0.641. The summed E-state index contributed by atoms with van der Waals surface area (Å²) in [6.07, 6.45) is 6.75. The molecule has 24 heavy (non-hydrogen) atoms. The summed E-state index contributed by atoms with van der Waals surface area (Å²) in [6.45, 7) is 2.13. The minimum Gasteiger partial charge on any atom is -0.345 e. The normalized spacial score (nSPS) is 36.4. The van der Waals surface area contributed by atoms with Gasteiger partial charge in [-0.05, 0) is 19.3 Å². The number of carbonyl (C=O) groups is 3. The van der Waals surface area contributed by atoms with Gasteiger partial charge in [-0.25, -0.2) is 4.79 Å². The Morgan fingerprint density at radius 3 is 2.75 bits per heavy atom. The Bertz CT molecular complexity index is 527. The first-order chi connectivity index (χ1) is 11.6. The number of thioether (sulfide) groups is 1. The van der Waals surface area contributed by atoms with Gasteiger partial charge in [0.1, 0.15) is 4.75 Å². The van der Waals surface area contributed by atoms with Gasteiger partial charge in [0.15, 0.2) is 5.78 Å². The SMILES string of the molecule is CCCCCC1NC(=O)[C@@]2(CCCCC1=O)SC[C@@H]1NC(=O)N[C@@H]12. The third-order valence-electron chi connectivity index (χ3n) is 5.42. The number of fused-ring (bicyclic) bond motifs is 2. The molecule has 6 nitrogen and oxygen atoms in total. The highest BCUT2D eigenvalue weighted by Gasteiger charge is 2.58. The highest BCUT2D eigenvalue weighted by Crippen LogP contribution is 2.44. The first-order valence-electron chi connectivity index (χ1n) is 9.11. The number of nitrogens with one attached hydrogen (secondary N) is 3. The van der Waals surface area contributed by atoms with E-state index in [-0.39, 0.29) is 35.8 Å². The molecule has 3 aliphatic rings. The fourth-order valence-electron chi connectivity index (χ4n) is 4.04. The average molecular weight is 353 g/mol. The molecule has 0 aromatic carbocycles. The molecule has 3 amide bonds. The molecule has 1 unspecified atom stereocenters. The molecule has 0 radical (unpaired) electrons. The van der Waals surface area contributed by atoms with Crippen LogP contribution in [0.5, 0.6) is 0 Å². The van der Waals surface area contributed by atoms with E-state index in [1.165, 1.54) is 0 Å². The molecule has 0 bridgehead atoms. The molecule has 1 spiro atoms. The molecule has 3 saturated heterocycles. The molecule has 3 N–H and O–H groups in total. The fraction of sp³-hybridized carbons (Fsp3) is 0.824. The van der Waals surface area contributed by atoms with Crippen LogP contribution in [0.25, 0.3) is 0 Å². The Hall–Kier alpha value is -1.24. The summed E-state index contributed by atoms with van der Waals surface area (Å²) in [5, 5.41) is 8.88. The molecule has 0 aromatic heterocycles. The van der Waals surface area contributed by atoms with Crippen molar-refractivity contribution < 1.29 is 14.4 Å². The van der Waals surface area contributed by atoms with Crippen LogP contribution in [0.4, 0.5) is 4.79 Å².